The van der Waals surface area contributed by atoms with Crippen LogP contribution in [0.5, 0.6) is 0 Å². The van der Waals surface area contributed by atoms with Crippen LogP contribution in [-0.2, 0) is 0 Å². The van der Waals surface area contributed by atoms with Crippen molar-refractivity contribution in [3.05, 3.63) is 35.6 Å². The first-order chi connectivity index (χ1) is 9.88. The molecule has 21 heavy (non-hydrogen) atoms. The van der Waals surface area contributed by atoms with Crippen LogP contribution in [0.2, 0.25) is 0 Å². The molecule has 1 nitrogen and oxygen atoms in total. The number of benzene rings is 1. The Bertz CT molecular complexity index is 426. The van der Waals surface area contributed by atoms with Gasteiger partial charge in [-0.3, -0.25) is 0 Å². The van der Waals surface area contributed by atoms with E-state index in [4.69, 9.17) is 0 Å². The van der Waals surface area contributed by atoms with E-state index in [-0.39, 0.29) is 17.3 Å². The van der Waals surface area contributed by atoms with Crippen LogP contribution in [-0.4, -0.2) is 6.04 Å². The Balaban J connectivity index is 2.11. The fourth-order valence-corrected chi connectivity index (χ4v) is 3.53. The largest absolute Gasteiger partial charge is 0.307 e. The van der Waals surface area contributed by atoms with Crippen molar-refractivity contribution in [2.75, 3.05) is 0 Å². The third-order valence-corrected chi connectivity index (χ3v) is 4.86. The van der Waals surface area contributed by atoms with Gasteiger partial charge < -0.3 is 5.32 Å². The van der Waals surface area contributed by atoms with Gasteiger partial charge in [-0.05, 0) is 48.8 Å². The lowest BCUT2D eigenvalue weighted by molar-refractivity contribution is 0.202. The van der Waals surface area contributed by atoms with E-state index in [1.807, 2.05) is 12.1 Å². The van der Waals surface area contributed by atoms with Crippen molar-refractivity contribution < 1.29 is 4.39 Å². The summed E-state index contributed by atoms with van der Waals surface area (Å²) in [5.41, 5.74) is 1.30. The number of nitrogens with one attached hydrogen (secondary N) is 1. The van der Waals surface area contributed by atoms with Crippen LogP contribution < -0.4 is 5.32 Å². The second kappa shape index (κ2) is 6.91. The molecule has 0 spiro atoms. The summed E-state index contributed by atoms with van der Waals surface area (Å²) in [6.07, 6.45) is 6.81. The summed E-state index contributed by atoms with van der Waals surface area (Å²) in [4.78, 5) is 0. The maximum atomic E-state index is 13.2. The van der Waals surface area contributed by atoms with E-state index in [1.165, 1.54) is 37.7 Å². The lowest BCUT2D eigenvalue weighted by Crippen LogP contribution is -2.42. The minimum absolute atomic E-state index is 0.112. The molecule has 1 fully saturated rings. The third kappa shape index (κ3) is 4.54. The Kier molecular flexibility index (Phi) is 5.43. The van der Waals surface area contributed by atoms with Gasteiger partial charge in [-0.25, -0.2) is 4.39 Å². The molecule has 2 heteroatoms. The van der Waals surface area contributed by atoms with Gasteiger partial charge in [0.15, 0.2) is 0 Å². The molecule has 0 saturated heterocycles. The molecule has 1 aromatic rings. The lowest BCUT2D eigenvalue weighted by atomic mass is 9.79. The zero-order valence-corrected chi connectivity index (χ0v) is 14.0. The smallest absolute Gasteiger partial charge is 0.123 e. The van der Waals surface area contributed by atoms with E-state index in [9.17, 15) is 4.39 Å². The van der Waals surface area contributed by atoms with Gasteiger partial charge in [0.2, 0.25) is 0 Å². The summed E-state index contributed by atoms with van der Waals surface area (Å²) in [5, 5.41) is 3.84. The standard InChI is InChI=1S/C19H30FN/c1-14(15-8-6-5-7-9-15)21-18(19(2,3)4)16-10-12-17(20)13-11-16/h10-15,18,21H,5-9H2,1-4H3. The Morgan fingerprint density at radius 3 is 2.14 bits per heavy atom. The molecular weight excluding hydrogens is 261 g/mol. The predicted octanol–water partition coefficient (Wildman–Crippen LogP) is 5.47. The van der Waals surface area contributed by atoms with Crippen molar-refractivity contribution >= 4 is 0 Å². The zero-order valence-electron chi connectivity index (χ0n) is 14.0. The second-order valence-electron chi connectivity index (χ2n) is 7.70. The highest BCUT2D eigenvalue weighted by Crippen LogP contribution is 2.35. The number of rotatable bonds is 4. The minimum atomic E-state index is -0.160. The topological polar surface area (TPSA) is 12.0 Å². The molecule has 2 rings (SSSR count). The summed E-state index contributed by atoms with van der Waals surface area (Å²) in [7, 11) is 0. The Morgan fingerprint density at radius 1 is 1.05 bits per heavy atom. The van der Waals surface area contributed by atoms with E-state index < -0.39 is 0 Å². The van der Waals surface area contributed by atoms with Gasteiger partial charge in [0, 0.05) is 12.1 Å². The average Bonchev–Trinajstić information content (AvgIpc) is 2.45. The molecule has 0 heterocycles. The van der Waals surface area contributed by atoms with E-state index in [0.717, 1.165) is 5.92 Å². The van der Waals surface area contributed by atoms with Crippen LogP contribution >= 0.6 is 0 Å². The van der Waals surface area contributed by atoms with Gasteiger partial charge in [0.25, 0.3) is 0 Å². The molecular formula is C19H30FN. The van der Waals surface area contributed by atoms with E-state index in [0.29, 0.717) is 6.04 Å². The SMILES string of the molecule is CC(NC(c1ccc(F)cc1)C(C)(C)C)C1CCCCC1. The summed E-state index contributed by atoms with van der Waals surface area (Å²) in [6.45, 7) is 9.07. The highest BCUT2D eigenvalue weighted by molar-refractivity contribution is 5.22. The molecule has 118 valence electrons. The quantitative estimate of drug-likeness (QED) is 0.775. The third-order valence-electron chi connectivity index (χ3n) is 4.86. The van der Waals surface area contributed by atoms with Gasteiger partial charge >= 0.3 is 0 Å². The number of halogens is 1. The first kappa shape index (κ1) is 16.5. The van der Waals surface area contributed by atoms with Crippen molar-refractivity contribution in [2.45, 2.75) is 71.9 Å². The van der Waals surface area contributed by atoms with Gasteiger partial charge in [-0.1, -0.05) is 52.2 Å². The Hall–Kier alpha value is -0.890. The first-order valence-corrected chi connectivity index (χ1v) is 8.39. The fraction of sp³-hybridized carbons (Fsp3) is 0.684. The van der Waals surface area contributed by atoms with Crippen molar-refractivity contribution in [2.24, 2.45) is 11.3 Å². The molecule has 1 aromatic carbocycles. The van der Waals surface area contributed by atoms with Crippen molar-refractivity contribution in [1.82, 2.24) is 5.32 Å². The van der Waals surface area contributed by atoms with Crippen molar-refractivity contribution in [1.29, 1.82) is 0 Å². The molecule has 0 amide bonds. The molecule has 0 aliphatic heterocycles. The zero-order chi connectivity index (χ0) is 15.5. The second-order valence-corrected chi connectivity index (χ2v) is 7.70. The van der Waals surface area contributed by atoms with Gasteiger partial charge in [-0.15, -0.1) is 0 Å². The molecule has 2 unspecified atom stereocenters. The molecule has 0 bridgehead atoms. The normalized spacial score (nSPS) is 20.2. The van der Waals surface area contributed by atoms with E-state index in [2.05, 4.69) is 33.0 Å². The minimum Gasteiger partial charge on any atom is -0.307 e. The van der Waals surface area contributed by atoms with Gasteiger partial charge in [-0.2, -0.15) is 0 Å². The summed E-state index contributed by atoms with van der Waals surface area (Å²) in [5.74, 6) is 0.621. The average molecular weight is 291 g/mol. The van der Waals surface area contributed by atoms with Crippen molar-refractivity contribution in [3.8, 4) is 0 Å². The van der Waals surface area contributed by atoms with Crippen LogP contribution in [0.25, 0.3) is 0 Å². The van der Waals surface area contributed by atoms with Crippen LogP contribution in [0.3, 0.4) is 0 Å². The molecule has 2 atom stereocenters. The van der Waals surface area contributed by atoms with Gasteiger partial charge in [0.1, 0.15) is 5.82 Å². The Labute approximate surface area is 129 Å². The van der Waals surface area contributed by atoms with E-state index in [1.54, 1.807) is 12.1 Å². The molecule has 0 aromatic heterocycles. The Morgan fingerprint density at radius 2 is 1.62 bits per heavy atom. The van der Waals surface area contributed by atoms with Crippen LogP contribution in [0.1, 0.15) is 71.4 Å². The first-order valence-electron chi connectivity index (χ1n) is 8.39. The predicted molar refractivity (Wildman–Crippen MR) is 87.8 cm³/mol. The molecule has 1 saturated carbocycles. The number of hydrogen-bond donors (Lipinski definition) is 1. The molecule has 0 radical (unpaired) electrons. The summed E-state index contributed by atoms with van der Waals surface area (Å²) in [6, 6.07) is 7.76. The molecule has 1 N–H and O–H groups in total. The van der Waals surface area contributed by atoms with Crippen molar-refractivity contribution in [3.63, 3.8) is 0 Å². The maximum Gasteiger partial charge on any atom is 0.123 e. The van der Waals surface area contributed by atoms with Gasteiger partial charge in [0.05, 0.1) is 0 Å². The fourth-order valence-electron chi connectivity index (χ4n) is 3.53. The molecule has 1 aliphatic carbocycles. The molecule has 1 aliphatic rings. The lowest BCUT2D eigenvalue weighted by Gasteiger charge is -2.38. The van der Waals surface area contributed by atoms with E-state index >= 15 is 0 Å². The maximum absolute atomic E-state index is 13.2. The summed E-state index contributed by atoms with van der Waals surface area (Å²) < 4.78 is 13.2. The highest BCUT2D eigenvalue weighted by Gasteiger charge is 2.30. The highest BCUT2D eigenvalue weighted by atomic mass is 19.1. The van der Waals surface area contributed by atoms with Crippen LogP contribution in [0.4, 0.5) is 4.39 Å². The summed E-state index contributed by atoms with van der Waals surface area (Å²) >= 11 is 0. The van der Waals surface area contributed by atoms with Crippen LogP contribution in [0.15, 0.2) is 24.3 Å². The monoisotopic (exact) mass is 291 g/mol. The number of hydrogen-bond acceptors (Lipinski definition) is 1. The van der Waals surface area contributed by atoms with Crippen LogP contribution in [0, 0.1) is 17.2 Å².